The van der Waals surface area contributed by atoms with Crippen LogP contribution < -0.4 is 5.73 Å². The predicted molar refractivity (Wildman–Crippen MR) is 79.0 cm³/mol. The van der Waals surface area contributed by atoms with Gasteiger partial charge in [0.25, 0.3) is 0 Å². The summed E-state index contributed by atoms with van der Waals surface area (Å²) in [4.78, 5) is 2.29. The minimum atomic E-state index is -2.83. The Balaban J connectivity index is 0.00000289. The van der Waals surface area contributed by atoms with Crippen molar-refractivity contribution in [1.29, 1.82) is 0 Å². The van der Waals surface area contributed by atoms with Crippen molar-refractivity contribution >= 4 is 22.2 Å². The van der Waals surface area contributed by atoms with Crippen LogP contribution in [0.15, 0.2) is 0 Å². The lowest BCUT2D eigenvalue weighted by Gasteiger charge is -2.32. The van der Waals surface area contributed by atoms with Gasteiger partial charge in [-0.05, 0) is 44.7 Å². The topological polar surface area (TPSA) is 63.4 Å². The maximum atomic E-state index is 11.6. The fourth-order valence-electron chi connectivity index (χ4n) is 2.51. The second kappa shape index (κ2) is 9.13. The van der Waals surface area contributed by atoms with Crippen LogP contribution in [0.2, 0.25) is 0 Å². The zero-order chi connectivity index (χ0) is 12.7. The molecule has 2 N–H and O–H groups in total. The molecule has 6 heteroatoms. The maximum Gasteiger partial charge on any atom is 0.151 e. The number of halogens is 1. The summed E-state index contributed by atoms with van der Waals surface area (Å²) in [6.45, 7) is 5.42. The lowest BCUT2D eigenvalue weighted by molar-refractivity contribution is 0.178. The molecule has 0 aliphatic carbocycles. The van der Waals surface area contributed by atoms with E-state index in [1.807, 2.05) is 6.92 Å². The van der Waals surface area contributed by atoms with Crippen LogP contribution >= 0.6 is 12.4 Å². The van der Waals surface area contributed by atoms with E-state index >= 15 is 0 Å². The van der Waals surface area contributed by atoms with Gasteiger partial charge in [0, 0.05) is 18.8 Å². The van der Waals surface area contributed by atoms with Gasteiger partial charge in [-0.1, -0.05) is 6.92 Å². The molecule has 0 aromatic rings. The van der Waals surface area contributed by atoms with E-state index in [0.29, 0.717) is 24.0 Å². The van der Waals surface area contributed by atoms with Gasteiger partial charge in [0.05, 0.1) is 5.75 Å². The van der Waals surface area contributed by atoms with Gasteiger partial charge in [0.2, 0.25) is 0 Å². The summed E-state index contributed by atoms with van der Waals surface area (Å²) in [7, 11) is -2.83. The fourth-order valence-corrected chi connectivity index (χ4v) is 3.87. The molecular weight excluding hydrogens is 272 g/mol. The molecule has 0 bridgehead atoms. The van der Waals surface area contributed by atoms with Crippen molar-refractivity contribution in [1.82, 2.24) is 4.90 Å². The first-order chi connectivity index (χ1) is 8.07. The number of nitrogens with two attached hydrogens (primary N) is 1. The normalized spacial score (nSPS) is 21.6. The van der Waals surface area contributed by atoms with Crippen LogP contribution in [0.3, 0.4) is 0 Å². The molecule has 110 valence electrons. The highest BCUT2D eigenvalue weighted by atomic mass is 35.5. The third kappa shape index (κ3) is 6.92. The Kier molecular flexibility index (Phi) is 9.21. The van der Waals surface area contributed by atoms with E-state index in [1.54, 1.807) is 0 Å². The van der Waals surface area contributed by atoms with Crippen LogP contribution in [-0.2, 0) is 9.84 Å². The summed E-state index contributed by atoms with van der Waals surface area (Å²) in [6.07, 6.45) is 4.21. The molecular formula is C12H27ClN2O2S. The van der Waals surface area contributed by atoms with Gasteiger partial charge in [-0.3, -0.25) is 0 Å². The molecule has 1 heterocycles. The minimum Gasteiger partial charge on any atom is -0.330 e. The summed E-state index contributed by atoms with van der Waals surface area (Å²) in [5.41, 5.74) is 5.57. The Morgan fingerprint density at radius 2 is 2.06 bits per heavy atom. The van der Waals surface area contributed by atoms with Gasteiger partial charge in [-0.15, -0.1) is 12.4 Å². The molecule has 0 radical (unpaired) electrons. The van der Waals surface area contributed by atoms with E-state index < -0.39 is 9.84 Å². The van der Waals surface area contributed by atoms with Crippen molar-refractivity contribution in [3.63, 3.8) is 0 Å². The minimum absolute atomic E-state index is 0. The lowest BCUT2D eigenvalue weighted by atomic mass is 9.95. The largest absolute Gasteiger partial charge is 0.330 e. The molecule has 1 aliphatic rings. The van der Waals surface area contributed by atoms with Crippen LogP contribution in [0.4, 0.5) is 0 Å². The van der Waals surface area contributed by atoms with Crippen molar-refractivity contribution in [2.45, 2.75) is 32.6 Å². The number of hydrogen-bond donors (Lipinski definition) is 1. The summed E-state index contributed by atoms with van der Waals surface area (Å²) in [6, 6.07) is 0. The Morgan fingerprint density at radius 1 is 1.33 bits per heavy atom. The summed E-state index contributed by atoms with van der Waals surface area (Å²) in [5.74, 6) is 1.31. The van der Waals surface area contributed by atoms with E-state index in [0.717, 1.165) is 32.5 Å². The van der Waals surface area contributed by atoms with Gasteiger partial charge >= 0.3 is 0 Å². The monoisotopic (exact) mass is 298 g/mol. The van der Waals surface area contributed by atoms with Crippen molar-refractivity contribution in [2.24, 2.45) is 11.7 Å². The molecule has 1 rings (SSSR count). The molecule has 0 spiro atoms. The van der Waals surface area contributed by atoms with Crippen LogP contribution in [0.25, 0.3) is 0 Å². The zero-order valence-corrected chi connectivity index (χ0v) is 12.9. The highest BCUT2D eigenvalue weighted by Gasteiger charge is 2.20. The molecule has 1 saturated heterocycles. The summed E-state index contributed by atoms with van der Waals surface area (Å²) in [5, 5.41) is 0. The molecule has 0 amide bonds. The average molecular weight is 299 g/mol. The molecule has 0 aromatic carbocycles. The van der Waals surface area contributed by atoms with Crippen LogP contribution in [0.1, 0.15) is 32.6 Å². The van der Waals surface area contributed by atoms with Crippen LogP contribution in [0, 0.1) is 5.92 Å². The van der Waals surface area contributed by atoms with Crippen molar-refractivity contribution in [3.05, 3.63) is 0 Å². The molecule has 1 atom stereocenters. The van der Waals surface area contributed by atoms with Crippen LogP contribution in [0.5, 0.6) is 0 Å². The molecule has 1 fully saturated rings. The van der Waals surface area contributed by atoms with E-state index in [4.69, 9.17) is 5.73 Å². The maximum absolute atomic E-state index is 11.6. The molecule has 1 unspecified atom stereocenters. The molecule has 18 heavy (non-hydrogen) atoms. The Hall–Kier alpha value is 0.160. The van der Waals surface area contributed by atoms with Crippen molar-refractivity contribution < 1.29 is 8.42 Å². The van der Waals surface area contributed by atoms with Gasteiger partial charge in [0.1, 0.15) is 0 Å². The van der Waals surface area contributed by atoms with Crippen molar-refractivity contribution in [3.8, 4) is 0 Å². The predicted octanol–water partition coefficient (Wildman–Crippen LogP) is 1.29. The van der Waals surface area contributed by atoms with Crippen molar-refractivity contribution in [2.75, 3.05) is 37.7 Å². The van der Waals surface area contributed by atoms with E-state index in [9.17, 15) is 8.42 Å². The first kappa shape index (κ1) is 18.2. The molecule has 0 saturated carbocycles. The van der Waals surface area contributed by atoms with E-state index in [2.05, 4.69) is 4.90 Å². The highest BCUT2D eigenvalue weighted by Crippen LogP contribution is 2.18. The van der Waals surface area contributed by atoms with Crippen LogP contribution in [-0.4, -0.2) is 51.0 Å². The van der Waals surface area contributed by atoms with Gasteiger partial charge in [-0.25, -0.2) is 8.42 Å². The number of piperidine rings is 1. The quantitative estimate of drug-likeness (QED) is 0.769. The lowest BCUT2D eigenvalue weighted by Crippen LogP contribution is -2.39. The second-order valence-electron chi connectivity index (χ2n) is 5.04. The first-order valence-electron chi connectivity index (χ1n) is 6.70. The first-order valence-corrected chi connectivity index (χ1v) is 8.52. The standard InChI is InChI=1S/C12H26N2O2S.ClH/c1-2-9-17(15,16)10-8-14-7-3-4-12(11-14)5-6-13;/h12H,2-11,13H2,1H3;1H. The van der Waals surface area contributed by atoms with E-state index in [-0.39, 0.29) is 12.4 Å². The number of likely N-dealkylation sites (tertiary alicyclic amines) is 1. The third-order valence-corrected chi connectivity index (χ3v) is 5.25. The molecule has 1 aliphatic heterocycles. The van der Waals surface area contributed by atoms with Gasteiger partial charge in [-0.2, -0.15) is 0 Å². The number of rotatable bonds is 7. The average Bonchev–Trinajstić information content (AvgIpc) is 2.28. The Bertz CT molecular complexity index is 307. The fraction of sp³-hybridized carbons (Fsp3) is 1.00. The number of sulfone groups is 1. The van der Waals surface area contributed by atoms with E-state index in [1.165, 1.54) is 12.8 Å². The van der Waals surface area contributed by atoms with Gasteiger partial charge < -0.3 is 10.6 Å². The second-order valence-corrected chi connectivity index (χ2v) is 7.34. The highest BCUT2D eigenvalue weighted by molar-refractivity contribution is 7.91. The summed E-state index contributed by atoms with van der Waals surface area (Å²) < 4.78 is 23.3. The zero-order valence-electron chi connectivity index (χ0n) is 11.3. The Morgan fingerprint density at radius 3 is 2.67 bits per heavy atom. The molecule has 4 nitrogen and oxygen atoms in total. The third-order valence-electron chi connectivity index (χ3n) is 3.41. The smallest absolute Gasteiger partial charge is 0.151 e. The molecule has 0 aromatic heterocycles. The number of nitrogens with zero attached hydrogens (tertiary/aromatic N) is 1. The Labute approximate surface area is 118 Å². The van der Waals surface area contributed by atoms with Gasteiger partial charge in [0.15, 0.2) is 9.84 Å². The number of hydrogen-bond acceptors (Lipinski definition) is 4. The SMILES string of the molecule is CCCS(=O)(=O)CCN1CCCC(CCN)C1.Cl. The summed E-state index contributed by atoms with van der Waals surface area (Å²) >= 11 is 0.